The van der Waals surface area contributed by atoms with E-state index in [-0.39, 0.29) is 11.3 Å². The van der Waals surface area contributed by atoms with Crippen LogP contribution in [0.3, 0.4) is 0 Å². The summed E-state index contributed by atoms with van der Waals surface area (Å²) >= 11 is -0.767. The number of rotatable bonds is 2. The molecule has 0 spiro atoms. The highest BCUT2D eigenvalue weighted by molar-refractivity contribution is 7.95. The lowest BCUT2D eigenvalue weighted by Gasteiger charge is -2.11. The normalized spacial score (nSPS) is 15.9. The van der Waals surface area contributed by atoms with Gasteiger partial charge in [-0.1, -0.05) is 0 Å². The van der Waals surface area contributed by atoms with Crippen molar-refractivity contribution < 1.29 is 26.5 Å². The maximum Gasteiger partial charge on any atom is 0.479 e. The SMILES string of the molecule is O=C1CCCCc2cc(OSC(F)(F)F)c(F)cc21. The number of Topliss-reactive ketones (excluding diaryl/α,β-unsaturated/α-hetero) is 1. The molecule has 0 bridgehead atoms. The summed E-state index contributed by atoms with van der Waals surface area (Å²) in [6, 6.07) is 2.15. The predicted octanol–water partition coefficient (Wildman–Crippen LogP) is 4.28. The van der Waals surface area contributed by atoms with E-state index in [9.17, 15) is 22.4 Å². The second-order valence-corrected chi connectivity index (χ2v) is 4.98. The molecule has 2 nitrogen and oxygen atoms in total. The van der Waals surface area contributed by atoms with Crippen LogP contribution in [-0.2, 0) is 6.42 Å². The summed E-state index contributed by atoms with van der Waals surface area (Å²) in [6.07, 6.45) is 2.32. The van der Waals surface area contributed by atoms with E-state index >= 15 is 0 Å². The highest BCUT2D eigenvalue weighted by Gasteiger charge is 2.32. The lowest BCUT2D eigenvalue weighted by atomic mass is 10.0. The highest BCUT2D eigenvalue weighted by Crippen LogP contribution is 2.35. The fourth-order valence-electron chi connectivity index (χ4n) is 1.95. The molecule has 2 rings (SSSR count). The monoisotopic (exact) mass is 294 g/mol. The number of ketones is 1. The first-order valence-corrected chi connectivity index (χ1v) is 6.39. The summed E-state index contributed by atoms with van der Waals surface area (Å²) in [5, 5.41) is 0. The number of hydrogen-bond donors (Lipinski definition) is 0. The largest absolute Gasteiger partial charge is 0.479 e. The molecule has 1 aliphatic carbocycles. The Kier molecular flexibility index (Phi) is 4.03. The number of carbonyl (C=O) groups is 1. The van der Waals surface area contributed by atoms with E-state index in [1.165, 1.54) is 6.07 Å². The molecule has 7 heteroatoms. The third-order valence-electron chi connectivity index (χ3n) is 2.78. The summed E-state index contributed by atoms with van der Waals surface area (Å²) < 4.78 is 54.0. The fourth-order valence-corrected chi connectivity index (χ4v) is 2.27. The van der Waals surface area contributed by atoms with Gasteiger partial charge >= 0.3 is 5.51 Å². The van der Waals surface area contributed by atoms with Gasteiger partial charge in [0.2, 0.25) is 0 Å². The van der Waals surface area contributed by atoms with Crippen LogP contribution in [0.4, 0.5) is 17.6 Å². The fraction of sp³-hybridized carbons (Fsp3) is 0.417. The molecule has 0 saturated carbocycles. The molecule has 1 aromatic carbocycles. The number of benzene rings is 1. The van der Waals surface area contributed by atoms with Gasteiger partial charge in [-0.15, -0.1) is 0 Å². The Labute approximate surface area is 111 Å². The minimum absolute atomic E-state index is 0.179. The lowest BCUT2D eigenvalue weighted by Crippen LogP contribution is -2.05. The third-order valence-corrected chi connectivity index (χ3v) is 3.24. The smallest absolute Gasteiger partial charge is 0.414 e. The van der Waals surface area contributed by atoms with Gasteiger partial charge in [-0.3, -0.25) is 4.79 Å². The first kappa shape index (κ1) is 14.2. The summed E-state index contributed by atoms with van der Waals surface area (Å²) in [5.41, 5.74) is -3.81. The van der Waals surface area contributed by atoms with E-state index in [4.69, 9.17) is 0 Å². The highest BCUT2D eigenvalue weighted by atomic mass is 32.2. The van der Waals surface area contributed by atoms with Crippen LogP contribution in [-0.4, -0.2) is 11.3 Å². The number of aryl methyl sites for hydroxylation is 1. The Bertz CT molecular complexity index is 499. The van der Waals surface area contributed by atoms with Gasteiger partial charge in [0, 0.05) is 12.0 Å². The van der Waals surface area contributed by atoms with Crippen molar-refractivity contribution in [2.75, 3.05) is 0 Å². The van der Waals surface area contributed by atoms with E-state index in [1.807, 2.05) is 0 Å². The quantitative estimate of drug-likeness (QED) is 0.462. The zero-order chi connectivity index (χ0) is 14.0. The second-order valence-electron chi connectivity index (χ2n) is 4.18. The van der Waals surface area contributed by atoms with Crippen molar-refractivity contribution in [3.63, 3.8) is 0 Å². The van der Waals surface area contributed by atoms with Crippen molar-refractivity contribution in [1.29, 1.82) is 0 Å². The molecule has 1 aliphatic rings. The number of fused-ring (bicyclic) bond motifs is 1. The second kappa shape index (κ2) is 5.40. The van der Waals surface area contributed by atoms with Crippen LogP contribution in [0, 0.1) is 5.82 Å². The lowest BCUT2D eigenvalue weighted by molar-refractivity contribution is -0.0370. The molecule has 0 aromatic heterocycles. The summed E-state index contributed by atoms with van der Waals surface area (Å²) in [4.78, 5) is 11.7. The van der Waals surface area contributed by atoms with E-state index in [1.54, 1.807) is 0 Å². The van der Waals surface area contributed by atoms with Gasteiger partial charge < -0.3 is 4.18 Å². The molecule has 0 radical (unpaired) electrons. The van der Waals surface area contributed by atoms with Crippen LogP contribution < -0.4 is 4.18 Å². The van der Waals surface area contributed by atoms with Crippen molar-refractivity contribution >= 4 is 17.8 Å². The zero-order valence-electron chi connectivity index (χ0n) is 9.72. The molecule has 0 saturated heterocycles. The Morgan fingerprint density at radius 2 is 1.84 bits per heavy atom. The number of alkyl halides is 3. The maximum absolute atomic E-state index is 13.6. The standard InChI is InChI=1S/C12H10F4O2S/c13-9-6-8-7(3-1-2-4-10(8)17)5-11(9)18-19-12(14,15)16/h5-6H,1-4H2. The molecule has 104 valence electrons. The van der Waals surface area contributed by atoms with Crippen LogP contribution in [0.15, 0.2) is 12.1 Å². The van der Waals surface area contributed by atoms with Crippen molar-refractivity contribution in [2.24, 2.45) is 0 Å². The van der Waals surface area contributed by atoms with Crippen LogP contribution in [0.5, 0.6) is 5.75 Å². The number of halogens is 4. The van der Waals surface area contributed by atoms with E-state index < -0.39 is 29.1 Å². The van der Waals surface area contributed by atoms with Crippen molar-refractivity contribution in [3.05, 3.63) is 29.1 Å². The van der Waals surface area contributed by atoms with Gasteiger partial charge in [0.25, 0.3) is 0 Å². The van der Waals surface area contributed by atoms with Crippen LogP contribution in [0.25, 0.3) is 0 Å². The summed E-state index contributed by atoms with van der Waals surface area (Å²) in [6.45, 7) is 0. The average Bonchev–Trinajstić information content (AvgIpc) is 2.48. The maximum atomic E-state index is 13.6. The molecule has 0 fully saturated rings. The molecular weight excluding hydrogens is 284 g/mol. The molecule has 0 amide bonds. The van der Waals surface area contributed by atoms with Gasteiger partial charge in [0.1, 0.15) is 0 Å². The van der Waals surface area contributed by atoms with E-state index in [2.05, 4.69) is 4.18 Å². The topological polar surface area (TPSA) is 26.3 Å². The van der Waals surface area contributed by atoms with Gasteiger partial charge in [0.15, 0.2) is 29.4 Å². The minimum atomic E-state index is -4.60. The van der Waals surface area contributed by atoms with Gasteiger partial charge in [0.05, 0.1) is 0 Å². The van der Waals surface area contributed by atoms with Gasteiger partial charge in [-0.25, -0.2) is 4.39 Å². The van der Waals surface area contributed by atoms with E-state index in [0.29, 0.717) is 24.8 Å². The summed E-state index contributed by atoms with van der Waals surface area (Å²) in [7, 11) is 0. The summed E-state index contributed by atoms with van der Waals surface area (Å²) in [5.74, 6) is -1.62. The number of carbonyl (C=O) groups excluding carboxylic acids is 1. The molecule has 0 atom stereocenters. The average molecular weight is 294 g/mol. The Balaban J connectivity index is 2.27. The predicted molar refractivity (Wildman–Crippen MR) is 62.6 cm³/mol. The number of hydrogen-bond acceptors (Lipinski definition) is 3. The molecule has 0 aliphatic heterocycles. The first-order valence-electron chi connectivity index (χ1n) is 5.65. The third kappa shape index (κ3) is 3.62. The molecular formula is C12H10F4O2S. The minimum Gasteiger partial charge on any atom is -0.414 e. The Morgan fingerprint density at radius 1 is 1.16 bits per heavy atom. The molecule has 0 N–H and O–H groups in total. The first-order chi connectivity index (χ1) is 8.87. The molecule has 0 heterocycles. The Hall–Kier alpha value is -1.24. The van der Waals surface area contributed by atoms with Crippen molar-refractivity contribution in [2.45, 2.75) is 31.2 Å². The molecule has 1 aromatic rings. The Morgan fingerprint density at radius 3 is 2.53 bits per heavy atom. The van der Waals surface area contributed by atoms with Crippen molar-refractivity contribution in [3.8, 4) is 5.75 Å². The van der Waals surface area contributed by atoms with Gasteiger partial charge in [-0.05, 0) is 37.0 Å². The van der Waals surface area contributed by atoms with Crippen molar-refractivity contribution in [1.82, 2.24) is 0 Å². The molecule has 19 heavy (non-hydrogen) atoms. The van der Waals surface area contributed by atoms with E-state index in [0.717, 1.165) is 12.5 Å². The van der Waals surface area contributed by atoms with Crippen LogP contribution in [0.1, 0.15) is 35.2 Å². The zero-order valence-corrected chi connectivity index (χ0v) is 10.5. The van der Waals surface area contributed by atoms with Gasteiger partial charge in [-0.2, -0.15) is 13.2 Å². The van der Waals surface area contributed by atoms with Crippen LogP contribution in [0.2, 0.25) is 0 Å². The van der Waals surface area contributed by atoms with Crippen LogP contribution >= 0.6 is 12.0 Å². The molecule has 0 unspecified atom stereocenters.